The molecule has 24 heavy (non-hydrogen) atoms. The van der Waals surface area contributed by atoms with Crippen molar-refractivity contribution in [3.05, 3.63) is 24.3 Å². The minimum atomic E-state index is 0.320. The Morgan fingerprint density at radius 2 is 1.92 bits per heavy atom. The quantitative estimate of drug-likeness (QED) is 0.572. The molecule has 4 aliphatic carbocycles. The maximum atomic E-state index is 11.9. The highest BCUT2D eigenvalue weighted by molar-refractivity contribution is 5.91. The third kappa shape index (κ3) is 2.15. The van der Waals surface area contributed by atoms with E-state index in [1.807, 2.05) is 6.08 Å². The summed E-state index contributed by atoms with van der Waals surface area (Å²) in [5, 5.41) is 0. The number of rotatable bonds is 2. The van der Waals surface area contributed by atoms with Crippen LogP contribution in [0.2, 0.25) is 0 Å². The van der Waals surface area contributed by atoms with Crippen LogP contribution in [-0.2, 0) is 4.79 Å². The molecule has 4 rings (SSSR count). The second-order valence-electron chi connectivity index (χ2n) is 9.79. The summed E-state index contributed by atoms with van der Waals surface area (Å²) in [5.41, 5.74) is 2.34. The standard InChI is InChI=1S/C23H34O/c1-5-15(2)19-8-9-20-18-7-6-16-14-17(24)10-12-22(16,3)21(18)11-13-23(19,20)4/h5,14-15,18-21H,1,6-13H2,2-4H3/t15-,18?,19-,20?,21?,22?,23?/m1/s1. The van der Waals surface area contributed by atoms with Crippen LogP contribution in [0.4, 0.5) is 0 Å². The summed E-state index contributed by atoms with van der Waals surface area (Å²) in [6.45, 7) is 11.6. The lowest BCUT2D eigenvalue weighted by Gasteiger charge is -2.58. The molecule has 0 aromatic carbocycles. The number of hydrogen-bond donors (Lipinski definition) is 0. The van der Waals surface area contributed by atoms with Crippen LogP contribution in [0.1, 0.15) is 72.1 Å². The van der Waals surface area contributed by atoms with Crippen molar-refractivity contribution in [2.24, 2.45) is 40.4 Å². The number of ketones is 1. The largest absolute Gasteiger partial charge is 0.295 e. The molecule has 0 aromatic heterocycles. The summed E-state index contributed by atoms with van der Waals surface area (Å²) in [6.07, 6.45) is 14.2. The van der Waals surface area contributed by atoms with Crippen LogP contribution in [0, 0.1) is 40.4 Å². The van der Waals surface area contributed by atoms with Crippen LogP contribution >= 0.6 is 0 Å². The molecule has 1 heteroatoms. The van der Waals surface area contributed by atoms with Gasteiger partial charge >= 0.3 is 0 Å². The fourth-order valence-electron chi connectivity index (χ4n) is 7.63. The number of carbonyl (C=O) groups excluding carboxylic acids is 1. The van der Waals surface area contributed by atoms with E-state index in [0.29, 0.717) is 22.5 Å². The van der Waals surface area contributed by atoms with E-state index in [1.165, 1.54) is 44.1 Å². The molecule has 0 bridgehead atoms. The monoisotopic (exact) mass is 326 g/mol. The summed E-state index contributed by atoms with van der Waals surface area (Å²) in [4.78, 5) is 11.9. The summed E-state index contributed by atoms with van der Waals surface area (Å²) in [7, 11) is 0. The molecule has 5 unspecified atom stereocenters. The predicted octanol–water partition coefficient (Wildman–Crippen LogP) is 5.96. The SMILES string of the molecule is C=C[C@@H](C)[C@H]1CCC2C3CCC4=CC(=O)CCC4(C)C3CCC21C. The zero-order chi connectivity index (χ0) is 17.1. The topological polar surface area (TPSA) is 17.1 Å². The molecule has 0 radical (unpaired) electrons. The summed E-state index contributed by atoms with van der Waals surface area (Å²) >= 11 is 0. The highest BCUT2D eigenvalue weighted by Gasteiger charge is 2.59. The van der Waals surface area contributed by atoms with E-state index in [0.717, 1.165) is 36.5 Å². The second-order valence-corrected chi connectivity index (χ2v) is 9.79. The first kappa shape index (κ1) is 16.6. The van der Waals surface area contributed by atoms with Gasteiger partial charge in [0.15, 0.2) is 5.78 Å². The fraction of sp³-hybridized carbons (Fsp3) is 0.783. The number of carbonyl (C=O) groups is 1. The Bertz CT molecular complexity index is 587. The van der Waals surface area contributed by atoms with Crippen molar-refractivity contribution in [1.82, 2.24) is 0 Å². The van der Waals surface area contributed by atoms with Crippen molar-refractivity contribution < 1.29 is 4.79 Å². The molecule has 0 aromatic rings. The van der Waals surface area contributed by atoms with Gasteiger partial charge in [0.1, 0.15) is 0 Å². The van der Waals surface area contributed by atoms with Gasteiger partial charge in [-0.15, -0.1) is 6.58 Å². The van der Waals surface area contributed by atoms with Crippen molar-refractivity contribution in [2.45, 2.75) is 72.1 Å². The number of allylic oxidation sites excluding steroid dienone is 2. The van der Waals surface area contributed by atoms with E-state index >= 15 is 0 Å². The van der Waals surface area contributed by atoms with E-state index in [4.69, 9.17) is 0 Å². The number of fused-ring (bicyclic) bond motifs is 5. The van der Waals surface area contributed by atoms with Gasteiger partial charge in [-0.2, -0.15) is 0 Å². The molecular weight excluding hydrogens is 292 g/mol. The number of hydrogen-bond acceptors (Lipinski definition) is 1. The van der Waals surface area contributed by atoms with Crippen molar-refractivity contribution in [3.8, 4) is 0 Å². The smallest absolute Gasteiger partial charge is 0.155 e. The van der Waals surface area contributed by atoms with Crippen LogP contribution in [0.25, 0.3) is 0 Å². The Balaban J connectivity index is 1.65. The minimum Gasteiger partial charge on any atom is -0.295 e. The van der Waals surface area contributed by atoms with Gasteiger partial charge in [-0.3, -0.25) is 4.79 Å². The maximum absolute atomic E-state index is 11.9. The normalized spacial score (nSPS) is 48.8. The minimum absolute atomic E-state index is 0.320. The first-order valence-corrected chi connectivity index (χ1v) is 10.3. The van der Waals surface area contributed by atoms with Crippen molar-refractivity contribution in [3.63, 3.8) is 0 Å². The zero-order valence-corrected chi connectivity index (χ0v) is 15.8. The van der Waals surface area contributed by atoms with Gasteiger partial charge in [-0.1, -0.05) is 32.4 Å². The molecule has 1 nitrogen and oxygen atoms in total. The molecule has 7 atom stereocenters. The first-order valence-electron chi connectivity index (χ1n) is 10.3. The lowest BCUT2D eigenvalue weighted by Crippen LogP contribution is -2.50. The van der Waals surface area contributed by atoms with Crippen LogP contribution in [0.15, 0.2) is 24.3 Å². The highest BCUT2D eigenvalue weighted by atomic mass is 16.1. The van der Waals surface area contributed by atoms with Crippen LogP contribution < -0.4 is 0 Å². The van der Waals surface area contributed by atoms with Crippen molar-refractivity contribution in [1.29, 1.82) is 0 Å². The molecule has 0 amide bonds. The van der Waals surface area contributed by atoms with Gasteiger partial charge in [0.05, 0.1) is 0 Å². The fourth-order valence-corrected chi connectivity index (χ4v) is 7.63. The van der Waals surface area contributed by atoms with Gasteiger partial charge in [0, 0.05) is 6.42 Å². The Hall–Kier alpha value is -0.850. The first-order chi connectivity index (χ1) is 11.4. The van der Waals surface area contributed by atoms with E-state index in [2.05, 4.69) is 33.4 Å². The van der Waals surface area contributed by atoms with Crippen LogP contribution in [0.5, 0.6) is 0 Å². The molecule has 0 spiro atoms. The van der Waals surface area contributed by atoms with E-state index in [1.54, 1.807) is 0 Å². The Morgan fingerprint density at radius 3 is 2.67 bits per heavy atom. The Labute approximate surface area is 148 Å². The molecule has 3 fully saturated rings. The lowest BCUT2D eigenvalue weighted by molar-refractivity contribution is -0.117. The van der Waals surface area contributed by atoms with Crippen molar-refractivity contribution >= 4 is 5.78 Å². The third-order valence-corrected chi connectivity index (χ3v) is 9.04. The highest BCUT2D eigenvalue weighted by Crippen LogP contribution is 2.67. The molecule has 3 saturated carbocycles. The summed E-state index contributed by atoms with van der Waals surface area (Å²) in [6, 6.07) is 0. The molecule has 0 heterocycles. The zero-order valence-electron chi connectivity index (χ0n) is 15.8. The summed E-state index contributed by atoms with van der Waals surface area (Å²) in [5.74, 6) is 4.47. The second kappa shape index (κ2) is 5.58. The molecule has 4 aliphatic rings. The average molecular weight is 327 g/mol. The van der Waals surface area contributed by atoms with E-state index < -0.39 is 0 Å². The molecule has 132 valence electrons. The lowest BCUT2D eigenvalue weighted by atomic mass is 9.46. The van der Waals surface area contributed by atoms with Gasteiger partial charge < -0.3 is 0 Å². The molecular formula is C23H34O. The Kier molecular flexibility index (Phi) is 3.86. The van der Waals surface area contributed by atoms with Crippen LogP contribution in [-0.4, -0.2) is 5.78 Å². The van der Waals surface area contributed by atoms with Crippen LogP contribution in [0.3, 0.4) is 0 Å². The van der Waals surface area contributed by atoms with Crippen molar-refractivity contribution in [2.75, 3.05) is 0 Å². The molecule has 0 N–H and O–H groups in total. The maximum Gasteiger partial charge on any atom is 0.155 e. The average Bonchev–Trinajstić information content (AvgIpc) is 2.92. The van der Waals surface area contributed by atoms with Gasteiger partial charge in [-0.05, 0) is 91.4 Å². The third-order valence-electron chi connectivity index (χ3n) is 9.04. The molecule has 0 saturated heterocycles. The predicted molar refractivity (Wildman–Crippen MR) is 99.6 cm³/mol. The van der Waals surface area contributed by atoms with Gasteiger partial charge in [0.25, 0.3) is 0 Å². The van der Waals surface area contributed by atoms with Gasteiger partial charge in [0.2, 0.25) is 0 Å². The molecule has 0 aliphatic heterocycles. The Morgan fingerprint density at radius 1 is 1.12 bits per heavy atom. The summed E-state index contributed by atoms with van der Waals surface area (Å²) < 4.78 is 0. The van der Waals surface area contributed by atoms with Gasteiger partial charge in [-0.25, -0.2) is 0 Å². The van der Waals surface area contributed by atoms with E-state index in [-0.39, 0.29) is 0 Å². The van der Waals surface area contributed by atoms with E-state index in [9.17, 15) is 4.79 Å².